The van der Waals surface area contributed by atoms with Crippen molar-refractivity contribution >= 4 is 5.84 Å². The van der Waals surface area contributed by atoms with Crippen molar-refractivity contribution in [3.63, 3.8) is 0 Å². The molecule has 2 aliphatic heterocycles. The maximum atomic E-state index is 5.49. The summed E-state index contributed by atoms with van der Waals surface area (Å²) < 4.78 is 0. The van der Waals surface area contributed by atoms with Gasteiger partial charge >= 0.3 is 0 Å². The summed E-state index contributed by atoms with van der Waals surface area (Å²) in [4.78, 5) is 10.6. The van der Waals surface area contributed by atoms with E-state index >= 15 is 0 Å². The molecule has 2 aliphatic carbocycles. The van der Waals surface area contributed by atoms with Crippen molar-refractivity contribution in [3.05, 3.63) is 0 Å². The first-order valence-corrected chi connectivity index (χ1v) is 11.5. The molecule has 4 fully saturated rings. The largest absolute Gasteiger partial charge is 0.360 e. The Hall–Kier alpha value is -0.610. The molecule has 0 amide bonds. The lowest BCUT2D eigenvalue weighted by atomic mass is 9.75. The lowest BCUT2D eigenvalue weighted by Gasteiger charge is -2.43. The fourth-order valence-electron chi connectivity index (χ4n) is 6.15. The van der Waals surface area contributed by atoms with Crippen LogP contribution in [0.1, 0.15) is 77.0 Å². The van der Waals surface area contributed by atoms with Gasteiger partial charge in [0, 0.05) is 31.8 Å². The topological polar surface area (TPSA) is 35.5 Å². The smallest absolute Gasteiger partial charge is 0.144 e. The van der Waals surface area contributed by atoms with Crippen molar-refractivity contribution in [1.29, 1.82) is 0 Å². The number of nitrogens with zero attached hydrogens (tertiary/aromatic N) is 3. The highest BCUT2D eigenvalue weighted by Crippen LogP contribution is 2.33. The van der Waals surface area contributed by atoms with Crippen molar-refractivity contribution in [2.75, 3.05) is 27.2 Å². The van der Waals surface area contributed by atoms with Crippen LogP contribution in [0.25, 0.3) is 0 Å². The average Bonchev–Trinajstić information content (AvgIpc) is 3.09. The summed E-state index contributed by atoms with van der Waals surface area (Å²) in [6.07, 6.45) is 17.4. The van der Waals surface area contributed by atoms with E-state index in [2.05, 4.69) is 29.2 Å². The molecule has 4 unspecified atom stereocenters. The van der Waals surface area contributed by atoms with E-state index in [0.29, 0.717) is 12.2 Å². The molecule has 4 rings (SSSR count). The van der Waals surface area contributed by atoms with Crippen LogP contribution in [-0.4, -0.2) is 61.1 Å². The highest BCUT2D eigenvalue weighted by Gasteiger charge is 2.43. The van der Waals surface area contributed by atoms with Crippen LogP contribution in [0, 0.1) is 11.8 Å². The van der Waals surface area contributed by atoms with E-state index in [-0.39, 0.29) is 0 Å². The fourth-order valence-corrected chi connectivity index (χ4v) is 6.15. The molecule has 0 radical (unpaired) electrons. The molecule has 2 saturated carbocycles. The summed E-state index contributed by atoms with van der Waals surface area (Å²) in [6.45, 7) is 2.56. The highest BCUT2D eigenvalue weighted by molar-refractivity contribution is 5.84. The molecule has 26 heavy (non-hydrogen) atoms. The van der Waals surface area contributed by atoms with E-state index < -0.39 is 0 Å². The van der Waals surface area contributed by atoms with Crippen LogP contribution in [0.2, 0.25) is 0 Å². The number of nitrogens with two attached hydrogens (primary N) is 1. The molecule has 148 valence electrons. The van der Waals surface area contributed by atoms with Crippen molar-refractivity contribution in [2.45, 2.75) is 95.3 Å². The Kier molecular flexibility index (Phi) is 6.20. The molecule has 0 aromatic carbocycles. The zero-order valence-electron chi connectivity index (χ0n) is 17.2. The standard InChI is InChI=1S/C22H40N4/c1-25(2)22-15-20(18-11-6-7-12-19(18)23-22)24-21-13-8-14-26(21)16-17-9-4-3-5-10-17/h17-20,22-23H,3-16H2,1-2H3/p+1. The van der Waals surface area contributed by atoms with E-state index in [1.807, 2.05) is 0 Å². The Labute approximate surface area is 160 Å². The lowest BCUT2D eigenvalue weighted by molar-refractivity contribution is -0.755. The van der Waals surface area contributed by atoms with E-state index in [9.17, 15) is 0 Å². The van der Waals surface area contributed by atoms with Crippen LogP contribution in [-0.2, 0) is 0 Å². The summed E-state index contributed by atoms with van der Waals surface area (Å²) in [6, 6.07) is 1.38. The number of hydrogen-bond acceptors (Lipinski definition) is 2. The van der Waals surface area contributed by atoms with Gasteiger partial charge in [0.1, 0.15) is 6.17 Å². The molecule has 2 heterocycles. The molecule has 4 heteroatoms. The van der Waals surface area contributed by atoms with Gasteiger partial charge in [-0.2, -0.15) is 0 Å². The summed E-state index contributed by atoms with van der Waals surface area (Å²) >= 11 is 0. The summed E-state index contributed by atoms with van der Waals surface area (Å²) in [5.74, 6) is 3.23. The molecule has 4 nitrogen and oxygen atoms in total. The number of aliphatic imine (C=N–C) groups is 1. The number of piperidine rings is 1. The zero-order chi connectivity index (χ0) is 17.9. The van der Waals surface area contributed by atoms with Gasteiger partial charge in [-0.1, -0.05) is 25.7 Å². The highest BCUT2D eigenvalue weighted by atomic mass is 15.3. The Bertz CT molecular complexity index is 483. The second-order valence-electron chi connectivity index (χ2n) is 9.74. The van der Waals surface area contributed by atoms with Crippen LogP contribution in [0.5, 0.6) is 0 Å². The second kappa shape index (κ2) is 8.60. The van der Waals surface area contributed by atoms with Gasteiger partial charge in [0.05, 0.1) is 17.9 Å². The van der Waals surface area contributed by atoms with Gasteiger partial charge in [-0.3, -0.25) is 9.89 Å². The number of hydrogen-bond donors (Lipinski definition) is 1. The van der Waals surface area contributed by atoms with E-state index in [0.717, 1.165) is 17.9 Å². The predicted octanol–water partition coefficient (Wildman–Crippen LogP) is 2.84. The lowest BCUT2D eigenvalue weighted by Crippen LogP contribution is -3.01. The number of amidine groups is 1. The van der Waals surface area contributed by atoms with Gasteiger partial charge in [-0.15, -0.1) is 0 Å². The minimum atomic E-state index is 0.569. The molecule has 0 spiro atoms. The Morgan fingerprint density at radius 1 is 1.00 bits per heavy atom. The van der Waals surface area contributed by atoms with E-state index in [4.69, 9.17) is 4.99 Å². The second-order valence-corrected chi connectivity index (χ2v) is 9.74. The summed E-state index contributed by atoms with van der Waals surface area (Å²) in [7, 11) is 4.50. The van der Waals surface area contributed by atoms with Gasteiger partial charge < -0.3 is 10.2 Å². The predicted molar refractivity (Wildman–Crippen MR) is 108 cm³/mol. The molecule has 0 aromatic heterocycles. The quantitative estimate of drug-likeness (QED) is 0.836. The first kappa shape index (κ1) is 18.7. The average molecular weight is 362 g/mol. The van der Waals surface area contributed by atoms with Crippen LogP contribution in [0.4, 0.5) is 0 Å². The van der Waals surface area contributed by atoms with Crippen LogP contribution < -0.4 is 5.32 Å². The Balaban J connectivity index is 1.46. The van der Waals surface area contributed by atoms with Crippen LogP contribution >= 0.6 is 0 Å². The number of likely N-dealkylation sites (tertiary alicyclic amines) is 1. The molecule has 2 N–H and O–H groups in total. The van der Waals surface area contributed by atoms with Crippen molar-refractivity contribution < 1.29 is 5.32 Å². The number of rotatable bonds is 4. The maximum Gasteiger partial charge on any atom is 0.144 e. The van der Waals surface area contributed by atoms with Gasteiger partial charge in [0.2, 0.25) is 0 Å². The monoisotopic (exact) mass is 361 g/mol. The first-order chi connectivity index (χ1) is 12.7. The van der Waals surface area contributed by atoms with Gasteiger partial charge in [-0.05, 0) is 58.5 Å². The first-order valence-electron chi connectivity index (χ1n) is 11.5. The Morgan fingerprint density at radius 2 is 1.77 bits per heavy atom. The third-order valence-corrected chi connectivity index (χ3v) is 7.70. The summed E-state index contributed by atoms with van der Waals surface area (Å²) in [5, 5.41) is 2.68. The minimum Gasteiger partial charge on any atom is -0.360 e. The van der Waals surface area contributed by atoms with Gasteiger partial charge in [-0.25, -0.2) is 0 Å². The van der Waals surface area contributed by atoms with E-state index in [1.54, 1.807) is 0 Å². The SMILES string of the molecule is CN(C)C1CC(N=C2CCCN2CC2CCCCC2)C2CCCCC2[NH2+]1. The van der Waals surface area contributed by atoms with Crippen LogP contribution in [0.15, 0.2) is 4.99 Å². The Morgan fingerprint density at radius 3 is 2.58 bits per heavy atom. The molecular weight excluding hydrogens is 320 g/mol. The van der Waals surface area contributed by atoms with Gasteiger partial charge in [0.25, 0.3) is 0 Å². The molecule has 4 atom stereocenters. The summed E-state index contributed by atoms with van der Waals surface area (Å²) in [5.41, 5.74) is 0. The minimum absolute atomic E-state index is 0.569. The van der Waals surface area contributed by atoms with Crippen molar-refractivity contribution in [1.82, 2.24) is 9.80 Å². The van der Waals surface area contributed by atoms with Crippen LogP contribution in [0.3, 0.4) is 0 Å². The normalized spacial score (nSPS) is 38.1. The fraction of sp³-hybridized carbons (Fsp3) is 0.955. The molecule has 4 aliphatic rings. The molecule has 0 bridgehead atoms. The number of fused-ring (bicyclic) bond motifs is 1. The molecular formula is C22H41N4+. The van der Waals surface area contributed by atoms with E-state index in [1.165, 1.54) is 96.0 Å². The van der Waals surface area contributed by atoms with Crippen molar-refractivity contribution in [2.24, 2.45) is 16.8 Å². The molecule has 0 aromatic rings. The third-order valence-electron chi connectivity index (χ3n) is 7.70. The number of quaternary nitrogens is 1. The van der Waals surface area contributed by atoms with Gasteiger partial charge in [0.15, 0.2) is 0 Å². The zero-order valence-corrected chi connectivity index (χ0v) is 17.2. The molecule has 2 saturated heterocycles. The van der Waals surface area contributed by atoms with Crippen molar-refractivity contribution in [3.8, 4) is 0 Å². The third kappa shape index (κ3) is 4.27. The maximum absolute atomic E-state index is 5.49.